The van der Waals surface area contributed by atoms with Crippen molar-refractivity contribution >= 4 is 23.2 Å². The number of hydrogen-bond donors (Lipinski definition) is 3. The number of phenolic OH excluding ortho intramolecular Hbond substituents is 1. The minimum absolute atomic E-state index is 0.155. The predicted molar refractivity (Wildman–Crippen MR) is 114 cm³/mol. The SMILES string of the molecule is CC(=O)NC(Cc1ccc(O)cc1)C(=O)NCc1nc(-c2ccccc2)c(C)s1. The van der Waals surface area contributed by atoms with Crippen LogP contribution >= 0.6 is 11.3 Å². The van der Waals surface area contributed by atoms with Crippen LogP contribution < -0.4 is 10.6 Å². The van der Waals surface area contributed by atoms with Crippen molar-refractivity contribution in [1.29, 1.82) is 0 Å². The molecule has 0 saturated carbocycles. The maximum atomic E-state index is 12.7. The number of nitrogens with zero attached hydrogens (tertiary/aromatic N) is 1. The molecule has 0 radical (unpaired) electrons. The van der Waals surface area contributed by atoms with Crippen LogP contribution in [0.3, 0.4) is 0 Å². The monoisotopic (exact) mass is 409 g/mol. The molecule has 0 fully saturated rings. The van der Waals surface area contributed by atoms with Crippen molar-refractivity contribution in [2.24, 2.45) is 0 Å². The van der Waals surface area contributed by atoms with Crippen molar-refractivity contribution in [3.05, 3.63) is 70.0 Å². The van der Waals surface area contributed by atoms with Crippen LogP contribution in [0.2, 0.25) is 0 Å². The van der Waals surface area contributed by atoms with E-state index in [0.717, 1.165) is 26.7 Å². The van der Waals surface area contributed by atoms with Gasteiger partial charge < -0.3 is 15.7 Å². The highest BCUT2D eigenvalue weighted by Gasteiger charge is 2.20. The van der Waals surface area contributed by atoms with Crippen molar-refractivity contribution in [3.8, 4) is 17.0 Å². The maximum absolute atomic E-state index is 12.7. The molecule has 0 saturated heterocycles. The lowest BCUT2D eigenvalue weighted by Gasteiger charge is -2.17. The Hall–Kier alpha value is -3.19. The number of rotatable bonds is 7. The molecule has 1 heterocycles. The lowest BCUT2D eigenvalue weighted by atomic mass is 10.0. The second kappa shape index (κ2) is 9.34. The van der Waals surface area contributed by atoms with Crippen LogP contribution in [0.15, 0.2) is 54.6 Å². The van der Waals surface area contributed by atoms with Crippen LogP contribution in [-0.2, 0) is 22.6 Å². The third-order valence-electron chi connectivity index (χ3n) is 4.37. The van der Waals surface area contributed by atoms with Gasteiger partial charge >= 0.3 is 0 Å². The Labute approximate surface area is 173 Å². The summed E-state index contributed by atoms with van der Waals surface area (Å²) in [5.74, 6) is -0.398. The van der Waals surface area contributed by atoms with Gasteiger partial charge in [-0.2, -0.15) is 0 Å². The van der Waals surface area contributed by atoms with E-state index in [4.69, 9.17) is 0 Å². The quantitative estimate of drug-likeness (QED) is 0.559. The third kappa shape index (κ3) is 5.65. The van der Waals surface area contributed by atoms with E-state index in [2.05, 4.69) is 15.6 Å². The Bertz CT molecular complexity index is 984. The molecule has 6 nitrogen and oxygen atoms in total. The van der Waals surface area contributed by atoms with Gasteiger partial charge in [-0.15, -0.1) is 11.3 Å². The van der Waals surface area contributed by atoms with E-state index in [1.54, 1.807) is 35.6 Å². The lowest BCUT2D eigenvalue weighted by Crippen LogP contribution is -2.47. The van der Waals surface area contributed by atoms with Gasteiger partial charge in [-0.25, -0.2) is 4.98 Å². The number of aromatic nitrogens is 1. The van der Waals surface area contributed by atoms with Gasteiger partial charge in [0.05, 0.1) is 12.2 Å². The summed E-state index contributed by atoms with van der Waals surface area (Å²) in [5, 5.41) is 15.8. The largest absolute Gasteiger partial charge is 0.508 e. The van der Waals surface area contributed by atoms with E-state index >= 15 is 0 Å². The number of amides is 2. The van der Waals surface area contributed by atoms with Gasteiger partial charge in [0.15, 0.2) is 0 Å². The molecule has 0 bridgehead atoms. The summed E-state index contributed by atoms with van der Waals surface area (Å²) in [7, 11) is 0. The zero-order chi connectivity index (χ0) is 20.8. The molecule has 0 aliphatic heterocycles. The van der Waals surface area contributed by atoms with Crippen LogP contribution in [0.25, 0.3) is 11.3 Å². The summed E-state index contributed by atoms with van der Waals surface area (Å²) in [5.41, 5.74) is 2.80. The van der Waals surface area contributed by atoms with Crippen LogP contribution in [-0.4, -0.2) is 27.9 Å². The molecule has 3 aromatic rings. The summed E-state index contributed by atoms with van der Waals surface area (Å²) in [6.07, 6.45) is 0.331. The Morgan fingerprint density at radius 3 is 2.45 bits per heavy atom. The van der Waals surface area contributed by atoms with Gasteiger partial charge in [0.1, 0.15) is 16.8 Å². The molecule has 1 unspecified atom stereocenters. The molecule has 3 rings (SSSR count). The van der Waals surface area contributed by atoms with Gasteiger partial charge in [0.2, 0.25) is 11.8 Å². The lowest BCUT2D eigenvalue weighted by molar-refractivity contribution is -0.128. The molecule has 1 aromatic heterocycles. The van der Waals surface area contributed by atoms with Crippen molar-refractivity contribution < 1.29 is 14.7 Å². The first kappa shape index (κ1) is 20.5. The van der Waals surface area contributed by atoms with E-state index in [1.807, 2.05) is 37.3 Å². The van der Waals surface area contributed by atoms with Crippen molar-refractivity contribution in [2.45, 2.75) is 32.9 Å². The highest BCUT2D eigenvalue weighted by Crippen LogP contribution is 2.27. The molecule has 3 N–H and O–H groups in total. The molecular weight excluding hydrogens is 386 g/mol. The van der Waals surface area contributed by atoms with E-state index < -0.39 is 6.04 Å². The topological polar surface area (TPSA) is 91.3 Å². The summed E-state index contributed by atoms with van der Waals surface area (Å²) >= 11 is 1.54. The fourth-order valence-electron chi connectivity index (χ4n) is 3.00. The fraction of sp³-hybridized carbons (Fsp3) is 0.227. The number of aromatic hydroxyl groups is 1. The Kier molecular flexibility index (Phi) is 6.61. The van der Waals surface area contributed by atoms with Gasteiger partial charge in [0.25, 0.3) is 0 Å². The zero-order valence-corrected chi connectivity index (χ0v) is 17.1. The molecule has 0 aliphatic carbocycles. The Morgan fingerprint density at radius 2 is 1.79 bits per heavy atom. The van der Waals surface area contributed by atoms with Gasteiger partial charge in [0, 0.05) is 23.8 Å². The second-order valence-corrected chi connectivity index (χ2v) is 8.01. The number of carbonyl (C=O) groups excluding carboxylic acids is 2. The van der Waals surface area contributed by atoms with Crippen LogP contribution in [0, 0.1) is 6.92 Å². The predicted octanol–water partition coefficient (Wildman–Crippen LogP) is 3.19. The minimum Gasteiger partial charge on any atom is -0.508 e. The molecular formula is C22H23N3O3S. The van der Waals surface area contributed by atoms with Crippen molar-refractivity contribution in [2.75, 3.05) is 0 Å². The van der Waals surface area contributed by atoms with E-state index in [0.29, 0.717) is 13.0 Å². The highest BCUT2D eigenvalue weighted by atomic mass is 32.1. The third-order valence-corrected chi connectivity index (χ3v) is 5.34. The molecule has 0 spiro atoms. The number of hydrogen-bond acceptors (Lipinski definition) is 5. The molecule has 2 aromatic carbocycles. The zero-order valence-electron chi connectivity index (χ0n) is 16.3. The number of carbonyl (C=O) groups is 2. The van der Waals surface area contributed by atoms with Gasteiger partial charge in [-0.05, 0) is 24.6 Å². The van der Waals surface area contributed by atoms with E-state index in [-0.39, 0.29) is 17.6 Å². The Balaban J connectivity index is 1.66. The Morgan fingerprint density at radius 1 is 1.10 bits per heavy atom. The van der Waals surface area contributed by atoms with Crippen LogP contribution in [0.4, 0.5) is 0 Å². The molecule has 0 aliphatic rings. The summed E-state index contributed by atoms with van der Waals surface area (Å²) in [6.45, 7) is 3.69. The van der Waals surface area contributed by atoms with Crippen molar-refractivity contribution in [3.63, 3.8) is 0 Å². The minimum atomic E-state index is -0.702. The maximum Gasteiger partial charge on any atom is 0.243 e. The van der Waals surface area contributed by atoms with E-state index in [1.165, 1.54) is 6.92 Å². The number of phenols is 1. The molecule has 1 atom stereocenters. The first-order valence-electron chi connectivity index (χ1n) is 9.27. The highest BCUT2D eigenvalue weighted by molar-refractivity contribution is 7.12. The average molecular weight is 410 g/mol. The number of thiazole rings is 1. The number of aryl methyl sites for hydroxylation is 1. The normalized spacial score (nSPS) is 11.7. The fourth-order valence-corrected chi connectivity index (χ4v) is 3.89. The summed E-state index contributed by atoms with van der Waals surface area (Å²) in [4.78, 5) is 30.0. The first-order valence-corrected chi connectivity index (χ1v) is 10.1. The molecule has 29 heavy (non-hydrogen) atoms. The summed E-state index contributed by atoms with van der Waals surface area (Å²) in [6, 6.07) is 15.8. The van der Waals surface area contributed by atoms with Crippen molar-refractivity contribution in [1.82, 2.24) is 15.6 Å². The standard InChI is InChI=1S/C22H23N3O3S/c1-14-21(17-6-4-3-5-7-17)25-20(29-14)13-23-22(28)19(24-15(2)26)12-16-8-10-18(27)11-9-16/h3-11,19,27H,12-13H2,1-2H3,(H,23,28)(H,24,26). The van der Waals surface area contributed by atoms with Gasteiger partial charge in [-0.1, -0.05) is 42.5 Å². The van der Waals surface area contributed by atoms with Crippen LogP contribution in [0.5, 0.6) is 5.75 Å². The van der Waals surface area contributed by atoms with Gasteiger partial charge in [-0.3, -0.25) is 9.59 Å². The molecule has 7 heteroatoms. The van der Waals surface area contributed by atoms with Crippen LogP contribution in [0.1, 0.15) is 22.4 Å². The average Bonchev–Trinajstić information content (AvgIpc) is 3.08. The summed E-state index contributed by atoms with van der Waals surface area (Å²) < 4.78 is 0. The molecule has 150 valence electrons. The number of nitrogens with one attached hydrogen (secondary N) is 2. The number of benzene rings is 2. The second-order valence-electron chi connectivity index (χ2n) is 6.72. The smallest absolute Gasteiger partial charge is 0.243 e. The first-order chi connectivity index (χ1) is 13.9. The van der Waals surface area contributed by atoms with E-state index in [9.17, 15) is 14.7 Å². The molecule has 2 amide bonds.